The predicted octanol–water partition coefficient (Wildman–Crippen LogP) is 12.2. The van der Waals surface area contributed by atoms with Crippen molar-refractivity contribution < 1.29 is 4.42 Å². The minimum atomic E-state index is 0.140. The summed E-state index contributed by atoms with van der Waals surface area (Å²) in [7, 11) is 0. The highest BCUT2D eigenvalue weighted by Gasteiger charge is 2.14. The van der Waals surface area contributed by atoms with Crippen LogP contribution < -0.4 is 0 Å². The van der Waals surface area contributed by atoms with Gasteiger partial charge in [0, 0.05) is 10.8 Å². The molecule has 206 valence electrons. The molecular weight excluding hydrogens is 520 g/mol. The highest BCUT2D eigenvalue weighted by molar-refractivity contribution is 6.08. The normalized spacial score (nSPS) is 12.1. The maximum Gasteiger partial charge on any atom is 0.135 e. The van der Waals surface area contributed by atoms with E-state index in [0.29, 0.717) is 0 Å². The molecule has 0 unspecified atom stereocenters. The zero-order valence-corrected chi connectivity index (χ0v) is 24.7. The molecule has 0 radical (unpaired) electrons. The molecule has 7 aromatic carbocycles. The van der Waals surface area contributed by atoms with Gasteiger partial charge in [0.1, 0.15) is 11.2 Å². The molecule has 0 spiro atoms. The Kier molecular flexibility index (Phi) is 5.77. The first-order valence-corrected chi connectivity index (χ1v) is 15.0. The average Bonchev–Trinajstić information content (AvgIpc) is 3.40. The fourth-order valence-electron chi connectivity index (χ4n) is 6.29. The lowest BCUT2D eigenvalue weighted by Crippen LogP contribution is -2.10. The van der Waals surface area contributed by atoms with Crippen LogP contribution in [0.1, 0.15) is 26.3 Å². The van der Waals surface area contributed by atoms with Crippen LogP contribution in [0.25, 0.3) is 76.9 Å². The Hall–Kier alpha value is -5.14. The second kappa shape index (κ2) is 9.71. The van der Waals surface area contributed by atoms with Gasteiger partial charge < -0.3 is 4.42 Å². The summed E-state index contributed by atoms with van der Waals surface area (Å²) in [6.45, 7) is 6.76. The Labute approximate surface area is 252 Å². The monoisotopic (exact) mass is 552 g/mol. The lowest BCUT2D eigenvalue weighted by molar-refractivity contribution is 0.590. The maximum absolute atomic E-state index is 6.26. The summed E-state index contributed by atoms with van der Waals surface area (Å²) in [5.74, 6) is 0. The van der Waals surface area contributed by atoms with E-state index in [1.807, 2.05) is 0 Å². The zero-order chi connectivity index (χ0) is 29.1. The van der Waals surface area contributed by atoms with Crippen LogP contribution in [-0.2, 0) is 5.41 Å². The van der Waals surface area contributed by atoms with Crippen molar-refractivity contribution in [3.8, 4) is 33.4 Å². The average molecular weight is 553 g/mol. The Bertz CT molecular complexity index is 2300. The lowest BCUT2D eigenvalue weighted by Gasteiger charge is -2.19. The van der Waals surface area contributed by atoms with E-state index < -0.39 is 0 Å². The summed E-state index contributed by atoms with van der Waals surface area (Å²) in [4.78, 5) is 0. The quantitative estimate of drug-likeness (QED) is 0.199. The molecule has 1 nitrogen and oxygen atoms in total. The molecule has 8 rings (SSSR count). The summed E-state index contributed by atoms with van der Waals surface area (Å²) in [5, 5.41) is 7.30. The minimum absolute atomic E-state index is 0.140. The van der Waals surface area contributed by atoms with Gasteiger partial charge in [-0.2, -0.15) is 0 Å². The summed E-state index contributed by atoms with van der Waals surface area (Å²) in [6.07, 6.45) is 0. The van der Waals surface area contributed by atoms with Crippen molar-refractivity contribution in [2.45, 2.75) is 26.2 Å². The van der Waals surface area contributed by atoms with Gasteiger partial charge in [-0.1, -0.05) is 112 Å². The smallest absolute Gasteiger partial charge is 0.135 e. The van der Waals surface area contributed by atoms with Crippen molar-refractivity contribution in [3.63, 3.8) is 0 Å². The number of hydrogen-bond acceptors (Lipinski definition) is 1. The van der Waals surface area contributed by atoms with Crippen molar-refractivity contribution in [1.29, 1.82) is 0 Å². The number of fused-ring (bicyclic) bond motifs is 5. The van der Waals surface area contributed by atoms with Crippen LogP contribution in [0.3, 0.4) is 0 Å². The third-order valence-electron chi connectivity index (χ3n) is 8.79. The molecule has 0 N–H and O–H groups in total. The molecule has 0 aliphatic carbocycles. The second-order valence-corrected chi connectivity index (χ2v) is 12.7. The third-order valence-corrected chi connectivity index (χ3v) is 8.79. The van der Waals surface area contributed by atoms with Gasteiger partial charge in [0.15, 0.2) is 0 Å². The van der Waals surface area contributed by atoms with E-state index >= 15 is 0 Å². The van der Waals surface area contributed by atoms with Crippen molar-refractivity contribution in [3.05, 3.63) is 145 Å². The van der Waals surface area contributed by atoms with Crippen LogP contribution in [0, 0.1) is 0 Å². The standard InChI is InChI=1S/C42H32O/c1-42(2,3)37-17-13-28(14-18-37)33-15-19-40-38(25-33)39-26-34(16-20-41(39)43-40)30-10-12-32-23-35-21-29(27-7-5-4-6-8-27)9-11-31(35)24-36(32)22-30/h4-26H,1-3H3. The molecule has 0 aliphatic rings. The van der Waals surface area contributed by atoms with Crippen molar-refractivity contribution in [1.82, 2.24) is 0 Å². The van der Waals surface area contributed by atoms with Gasteiger partial charge in [0.25, 0.3) is 0 Å². The molecule has 0 bridgehead atoms. The van der Waals surface area contributed by atoms with Gasteiger partial charge in [-0.15, -0.1) is 0 Å². The van der Waals surface area contributed by atoms with Crippen LogP contribution in [0.5, 0.6) is 0 Å². The van der Waals surface area contributed by atoms with Crippen molar-refractivity contribution in [2.24, 2.45) is 0 Å². The SMILES string of the molecule is CC(C)(C)c1ccc(-c2ccc3oc4ccc(-c5ccc6cc7cc(-c8ccccc8)ccc7cc6c5)cc4c3c2)cc1. The topological polar surface area (TPSA) is 13.1 Å². The largest absolute Gasteiger partial charge is 0.456 e. The minimum Gasteiger partial charge on any atom is -0.456 e. The van der Waals surface area contributed by atoms with E-state index in [2.05, 4.69) is 160 Å². The van der Waals surface area contributed by atoms with Gasteiger partial charge in [0.05, 0.1) is 0 Å². The van der Waals surface area contributed by atoms with Gasteiger partial charge in [0.2, 0.25) is 0 Å². The maximum atomic E-state index is 6.26. The van der Waals surface area contributed by atoms with Crippen LogP contribution >= 0.6 is 0 Å². The van der Waals surface area contributed by atoms with E-state index in [9.17, 15) is 0 Å². The zero-order valence-electron chi connectivity index (χ0n) is 24.7. The Balaban J connectivity index is 1.18. The van der Waals surface area contributed by atoms with E-state index in [0.717, 1.165) is 21.9 Å². The number of furan rings is 1. The summed E-state index contributed by atoms with van der Waals surface area (Å²) >= 11 is 0. The molecule has 0 aliphatic heterocycles. The summed E-state index contributed by atoms with van der Waals surface area (Å²) < 4.78 is 6.26. The fraction of sp³-hybridized carbons (Fsp3) is 0.0952. The van der Waals surface area contributed by atoms with Crippen molar-refractivity contribution >= 4 is 43.5 Å². The lowest BCUT2D eigenvalue weighted by atomic mass is 9.86. The highest BCUT2D eigenvalue weighted by Crippen LogP contribution is 2.37. The van der Waals surface area contributed by atoms with Gasteiger partial charge in [-0.05, 0) is 114 Å². The molecule has 8 aromatic rings. The molecule has 0 fully saturated rings. The first kappa shape index (κ1) is 25.6. The van der Waals surface area contributed by atoms with E-state index in [4.69, 9.17) is 4.42 Å². The molecule has 0 atom stereocenters. The van der Waals surface area contributed by atoms with E-state index in [-0.39, 0.29) is 5.41 Å². The first-order chi connectivity index (χ1) is 20.9. The van der Waals surface area contributed by atoms with Crippen molar-refractivity contribution in [2.75, 3.05) is 0 Å². The molecule has 0 saturated carbocycles. The predicted molar refractivity (Wildman–Crippen MR) is 184 cm³/mol. The molecule has 1 heteroatoms. The van der Waals surface area contributed by atoms with Gasteiger partial charge in [-0.3, -0.25) is 0 Å². The van der Waals surface area contributed by atoms with Crippen LogP contribution in [-0.4, -0.2) is 0 Å². The van der Waals surface area contributed by atoms with Crippen LogP contribution in [0.15, 0.2) is 144 Å². The molecule has 1 heterocycles. The second-order valence-electron chi connectivity index (χ2n) is 12.7. The first-order valence-electron chi connectivity index (χ1n) is 15.0. The van der Waals surface area contributed by atoms with E-state index in [1.165, 1.54) is 60.5 Å². The molecule has 1 aromatic heterocycles. The van der Waals surface area contributed by atoms with Gasteiger partial charge in [-0.25, -0.2) is 0 Å². The number of benzene rings is 7. The summed E-state index contributed by atoms with van der Waals surface area (Å²) in [6, 6.07) is 50.8. The molecular formula is C42H32O. The van der Waals surface area contributed by atoms with Crippen LogP contribution in [0.4, 0.5) is 0 Å². The number of rotatable bonds is 3. The molecule has 0 amide bonds. The summed E-state index contributed by atoms with van der Waals surface area (Å²) in [5.41, 5.74) is 10.6. The Morgan fingerprint density at radius 2 is 0.814 bits per heavy atom. The van der Waals surface area contributed by atoms with Gasteiger partial charge >= 0.3 is 0 Å². The van der Waals surface area contributed by atoms with Crippen LogP contribution in [0.2, 0.25) is 0 Å². The Morgan fingerprint density at radius 1 is 0.372 bits per heavy atom. The Morgan fingerprint density at radius 3 is 1.37 bits per heavy atom. The van der Waals surface area contributed by atoms with E-state index in [1.54, 1.807) is 0 Å². The third kappa shape index (κ3) is 4.58. The molecule has 43 heavy (non-hydrogen) atoms. The fourth-order valence-corrected chi connectivity index (χ4v) is 6.29. The molecule has 0 saturated heterocycles. The number of hydrogen-bond donors (Lipinski definition) is 0. The highest BCUT2D eigenvalue weighted by atomic mass is 16.3.